The van der Waals surface area contributed by atoms with Gasteiger partial charge >= 0.3 is 5.97 Å². The monoisotopic (exact) mass is 148 g/mol. The number of aliphatic hydroxyl groups excluding tert-OH is 1. The summed E-state index contributed by atoms with van der Waals surface area (Å²) in [4.78, 5) is 10.2. The van der Waals surface area contributed by atoms with Gasteiger partial charge in [0, 0.05) is 6.42 Å². The third-order valence-electron chi connectivity index (χ3n) is 1.03. The van der Waals surface area contributed by atoms with Gasteiger partial charge in [0.15, 0.2) is 5.66 Å². The van der Waals surface area contributed by atoms with Crippen molar-refractivity contribution in [3.8, 4) is 0 Å². The number of rotatable bonds is 3. The largest absolute Gasteiger partial charge is 0.479 e. The van der Waals surface area contributed by atoms with Crippen molar-refractivity contribution in [2.75, 3.05) is 0 Å². The Balaban J connectivity index is 4.00. The molecule has 0 spiro atoms. The molecule has 0 fully saturated rings. The Morgan fingerprint density at radius 2 is 2.10 bits per heavy atom. The van der Waals surface area contributed by atoms with Crippen molar-refractivity contribution in [1.29, 1.82) is 0 Å². The van der Waals surface area contributed by atoms with Gasteiger partial charge in [-0.1, -0.05) is 0 Å². The Bertz CT molecular complexity index is 133. The van der Waals surface area contributed by atoms with Gasteiger partial charge in [-0.2, -0.15) is 0 Å². The number of carboxylic acids is 1. The SMILES string of the molecule is CC(O)CC(N)(N)C(=O)O. The van der Waals surface area contributed by atoms with E-state index in [0.717, 1.165) is 0 Å². The summed E-state index contributed by atoms with van der Waals surface area (Å²) in [5, 5.41) is 17.0. The molecule has 0 heterocycles. The van der Waals surface area contributed by atoms with Crippen molar-refractivity contribution < 1.29 is 15.0 Å². The van der Waals surface area contributed by atoms with Crippen molar-refractivity contribution >= 4 is 5.97 Å². The molecule has 5 heteroatoms. The number of nitrogens with two attached hydrogens (primary N) is 2. The highest BCUT2D eigenvalue weighted by molar-refractivity contribution is 5.77. The molecule has 0 aliphatic carbocycles. The topological polar surface area (TPSA) is 110 Å². The van der Waals surface area contributed by atoms with Crippen LogP contribution in [0, 0.1) is 0 Å². The van der Waals surface area contributed by atoms with Crippen LogP contribution in [0.2, 0.25) is 0 Å². The Morgan fingerprint density at radius 3 is 2.20 bits per heavy atom. The zero-order valence-corrected chi connectivity index (χ0v) is 5.74. The smallest absolute Gasteiger partial charge is 0.338 e. The first-order valence-electron chi connectivity index (χ1n) is 2.85. The Kier molecular flexibility index (Phi) is 2.77. The molecular formula is C5H12N2O3. The Hall–Kier alpha value is -0.650. The summed E-state index contributed by atoms with van der Waals surface area (Å²) < 4.78 is 0. The van der Waals surface area contributed by atoms with E-state index >= 15 is 0 Å². The fraction of sp³-hybridized carbons (Fsp3) is 0.800. The van der Waals surface area contributed by atoms with E-state index in [1.807, 2.05) is 0 Å². The summed E-state index contributed by atoms with van der Waals surface area (Å²) in [7, 11) is 0. The van der Waals surface area contributed by atoms with Crippen LogP contribution in [0.15, 0.2) is 0 Å². The van der Waals surface area contributed by atoms with E-state index in [9.17, 15) is 4.79 Å². The first kappa shape index (κ1) is 9.35. The van der Waals surface area contributed by atoms with Gasteiger partial charge in [-0.15, -0.1) is 0 Å². The second-order valence-electron chi connectivity index (χ2n) is 2.40. The molecule has 10 heavy (non-hydrogen) atoms. The minimum absolute atomic E-state index is 0.150. The van der Waals surface area contributed by atoms with Gasteiger partial charge in [-0.05, 0) is 6.92 Å². The summed E-state index contributed by atoms with van der Waals surface area (Å²) >= 11 is 0. The summed E-state index contributed by atoms with van der Waals surface area (Å²) in [6, 6.07) is 0. The highest BCUT2D eigenvalue weighted by atomic mass is 16.4. The van der Waals surface area contributed by atoms with Crippen molar-refractivity contribution in [1.82, 2.24) is 0 Å². The standard InChI is InChI=1S/C5H12N2O3/c1-3(8)2-5(6,7)4(9)10/h3,8H,2,6-7H2,1H3,(H,9,10). The lowest BCUT2D eigenvalue weighted by molar-refractivity contribution is -0.144. The molecule has 0 aromatic carbocycles. The van der Waals surface area contributed by atoms with Crippen LogP contribution in [-0.4, -0.2) is 27.9 Å². The van der Waals surface area contributed by atoms with E-state index in [4.69, 9.17) is 21.7 Å². The van der Waals surface area contributed by atoms with E-state index in [1.54, 1.807) is 0 Å². The fourth-order valence-electron chi connectivity index (χ4n) is 0.576. The van der Waals surface area contributed by atoms with Crippen LogP contribution in [0.5, 0.6) is 0 Å². The molecule has 0 radical (unpaired) electrons. The van der Waals surface area contributed by atoms with Crippen LogP contribution in [0.4, 0.5) is 0 Å². The normalized spacial score (nSPS) is 14.8. The van der Waals surface area contributed by atoms with Gasteiger partial charge in [0.25, 0.3) is 0 Å². The van der Waals surface area contributed by atoms with Gasteiger partial charge in [0.05, 0.1) is 6.10 Å². The molecule has 0 aliphatic heterocycles. The van der Waals surface area contributed by atoms with Crippen LogP contribution in [-0.2, 0) is 4.79 Å². The van der Waals surface area contributed by atoms with E-state index in [1.165, 1.54) is 6.92 Å². The minimum Gasteiger partial charge on any atom is -0.479 e. The third kappa shape index (κ3) is 2.77. The van der Waals surface area contributed by atoms with Gasteiger partial charge in [-0.3, -0.25) is 0 Å². The van der Waals surface area contributed by atoms with E-state index in [0.29, 0.717) is 0 Å². The molecule has 0 rings (SSSR count). The number of carbonyl (C=O) groups is 1. The zero-order chi connectivity index (χ0) is 8.36. The quantitative estimate of drug-likeness (QED) is 0.362. The maximum atomic E-state index is 10.2. The number of aliphatic hydroxyl groups is 1. The molecule has 0 amide bonds. The Morgan fingerprint density at radius 1 is 1.70 bits per heavy atom. The summed E-state index contributed by atoms with van der Waals surface area (Å²) in [6.07, 6.45) is -0.950. The summed E-state index contributed by atoms with van der Waals surface area (Å²) in [6.45, 7) is 1.43. The van der Waals surface area contributed by atoms with Gasteiger partial charge in [-0.25, -0.2) is 4.79 Å². The van der Waals surface area contributed by atoms with Crippen molar-refractivity contribution in [2.45, 2.75) is 25.1 Å². The molecule has 0 aromatic rings. The van der Waals surface area contributed by atoms with Gasteiger partial charge in [0.2, 0.25) is 0 Å². The van der Waals surface area contributed by atoms with Crippen LogP contribution in [0.3, 0.4) is 0 Å². The van der Waals surface area contributed by atoms with Gasteiger partial charge in [0.1, 0.15) is 0 Å². The van der Waals surface area contributed by atoms with Crippen LogP contribution < -0.4 is 11.5 Å². The van der Waals surface area contributed by atoms with Crippen molar-refractivity contribution in [2.24, 2.45) is 11.5 Å². The minimum atomic E-state index is -1.81. The number of hydrogen-bond acceptors (Lipinski definition) is 4. The third-order valence-corrected chi connectivity index (χ3v) is 1.03. The molecule has 1 atom stereocenters. The zero-order valence-electron chi connectivity index (χ0n) is 5.74. The molecule has 0 saturated heterocycles. The highest BCUT2D eigenvalue weighted by Crippen LogP contribution is 2.02. The molecule has 0 aliphatic rings. The van der Waals surface area contributed by atoms with Crippen LogP contribution >= 0.6 is 0 Å². The van der Waals surface area contributed by atoms with Crippen molar-refractivity contribution in [3.05, 3.63) is 0 Å². The average Bonchev–Trinajstić information content (AvgIpc) is 1.60. The second kappa shape index (κ2) is 2.96. The molecule has 0 aromatic heterocycles. The molecule has 6 N–H and O–H groups in total. The second-order valence-corrected chi connectivity index (χ2v) is 2.40. The first-order chi connectivity index (χ1) is 4.36. The predicted octanol–water partition coefficient (Wildman–Crippen LogP) is -1.54. The summed E-state index contributed by atoms with van der Waals surface area (Å²) in [5.41, 5.74) is 8.35. The van der Waals surface area contributed by atoms with Gasteiger partial charge < -0.3 is 21.7 Å². The van der Waals surface area contributed by atoms with Crippen LogP contribution in [0.1, 0.15) is 13.3 Å². The molecule has 0 bridgehead atoms. The average molecular weight is 148 g/mol. The lowest BCUT2D eigenvalue weighted by Crippen LogP contribution is -2.57. The molecule has 60 valence electrons. The Labute approximate surface area is 58.6 Å². The van der Waals surface area contributed by atoms with E-state index in [2.05, 4.69) is 0 Å². The van der Waals surface area contributed by atoms with Crippen LogP contribution in [0.25, 0.3) is 0 Å². The lowest BCUT2D eigenvalue weighted by atomic mass is 10.1. The molecule has 1 unspecified atom stereocenters. The molecule has 5 nitrogen and oxygen atoms in total. The van der Waals surface area contributed by atoms with E-state index in [-0.39, 0.29) is 6.42 Å². The first-order valence-corrected chi connectivity index (χ1v) is 2.85. The maximum Gasteiger partial charge on any atom is 0.338 e. The highest BCUT2D eigenvalue weighted by Gasteiger charge is 2.29. The lowest BCUT2D eigenvalue weighted by Gasteiger charge is -2.19. The summed E-state index contributed by atoms with van der Waals surface area (Å²) in [5.74, 6) is -1.31. The number of carboxylic acid groups (broad SMARTS) is 1. The molecule has 0 saturated carbocycles. The molecular weight excluding hydrogens is 136 g/mol. The maximum absolute atomic E-state index is 10.2. The van der Waals surface area contributed by atoms with Crippen molar-refractivity contribution in [3.63, 3.8) is 0 Å². The van der Waals surface area contributed by atoms with E-state index < -0.39 is 17.7 Å². The number of aliphatic carboxylic acids is 1. The number of hydrogen-bond donors (Lipinski definition) is 4. The predicted molar refractivity (Wildman–Crippen MR) is 35.0 cm³/mol. The fourth-order valence-corrected chi connectivity index (χ4v) is 0.576.